The molecule has 2 aromatic heterocycles. The highest BCUT2D eigenvalue weighted by Gasteiger charge is 2.22. The van der Waals surface area contributed by atoms with Crippen LogP contribution in [0.2, 0.25) is 0 Å². The second-order valence-electron chi connectivity index (χ2n) is 5.63. The van der Waals surface area contributed by atoms with Crippen LogP contribution in [0.4, 0.5) is 5.88 Å². The van der Waals surface area contributed by atoms with Gasteiger partial charge in [0.1, 0.15) is 11.3 Å². The standard InChI is InChI=1S/C17H20N4O2/c18-16-14(15(21-23-16)13-7-4-9-19-11-13)17(22)20-10-8-12-5-2-1-3-6-12/h4-5,7,9,11H,1-3,6,8,10,18H2,(H,20,22). The Morgan fingerprint density at radius 1 is 1.39 bits per heavy atom. The number of hydrogen-bond donors (Lipinski definition) is 2. The van der Waals surface area contributed by atoms with Gasteiger partial charge in [-0.05, 0) is 44.2 Å². The van der Waals surface area contributed by atoms with Gasteiger partial charge in [0.15, 0.2) is 0 Å². The van der Waals surface area contributed by atoms with Crippen LogP contribution in [0.1, 0.15) is 42.5 Å². The van der Waals surface area contributed by atoms with E-state index in [0.29, 0.717) is 17.8 Å². The fourth-order valence-electron chi connectivity index (χ4n) is 2.78. The first-order valence-electron chi connectivity index (χ1n) is 7.87. The molecule has 23 heavy (non-hydrogen) atoms. The molecule has 3 rings (SSSR count). The second kappa shape index (κ2) is 7.09. The van der Waals surface area contributed by atoms with Crippen molar-refractivity contribution in [2.75, 3.05) is 12.3 Å². The number of aromatic nitrogens is 2. The summed E-state index contributed by atoms with van der Waals surface area (Å²) in [7, 11) is 0. The first-order valence-corrected chi connectivity index (χ1v) is 7.87. The van der Waals surface area contributed by atoms with E-state index >= 15 is 0 Å². The van der Waals surface area contributed by atoms with Gasteiger partial charge >= 0.3 is 0 Å². The molecule has 0 aliphatic heterocycles. The van der Waals surface area contributed by atoms with Gasteiger partial charge in [0.05, 0.1) is 0 Å². The van der Waals surface area contributed by atoms with E-state index in [0.717, 1.165) is 19.3 Å². The summed E-state index contributed by atoms with van der Waals surface area (Å²) in [6.07, 6.45) is 11.2. The van der Waals surface area contributed by atoms with Crippen LogP contribution in [0.15, 0.2) is 40.7 Å². The van der Waals surface area contributed by atoms with Gasteiger partial charge in [-0.2, -0.15) is 0 Å². The highest BCUT2D eigenvalue weighted by atomic mass is 16.5. The molecule has 6 heteroatoms. The molecule has 120 valence electrons. The number of amides is 1. The number of carbonyl (C=O) groups excluding carboxylic acids is 1. The number of rotatable bonds is 5. The van der Waals surface area contributed by atoms with Crippen LogP contribution in [0, 0.1) is 0 Å². The Morgan fingerprint density at radius 2 is 2.30 bits per heavy atom. The number of nitrogen functional groups attached to an aromatic ring is 1. The number of carbonyl (C=O) groups is 1. The average Bonchev–Trinajstić information content (AvgIpc) is 2.98. The van der Waals surface area contributed by atoms with Gasteiger partial charge in [-0.1, -0.05) is 16.8 Å². The fourth-order valence-corrected chi connectivity index (χ4v) is 2.78. The molecule has 0 spiro atoms. The van der Waals surface area contributed by atoms with Crippen LogP contribution in [0.5, 0.6) is 0 Å². The zero-order valence-electron chi connectivity index (χ0n) is 12.9. The molecule has 1 aliphatic rings. The van der Waals surface area contributed by atoms with Crippen LogP contribution in [-0.4, -0.2) is 22.6 Å². The molecule has 6 nitrogen and oxygen atoms in total. The van der Waals surface area contributed by atoms with Crippen LogP contribution >= 0.6 is 0 Å². The highest BCUT2D eigenvalue weighted by molar-refractivity contribution is 6.03. The molecule has 0 saturated carbocycles. The van der Waals surface area contributed by atoms with Gasteiger partial charge in [0.25, 0.3) is 5.91 Å². The third-order valence-corrected chi connectivity index (χ3v) is 4.00. The number of nitrogens with zero attached hydrogens (tertiary/aromatic N) is 2. The van der Waals surface area contributed by atoms with E-state index in [2.05, 4.69) is 21.5 Å². The summed E-state index contributed by atoms with van der Waals surface area (Å²) >= 11 is 0. The molecule has 1 amide bonds. The molecular formula is C17H20N4O2. The van der Waals surface area contributed by atoms with Crippen LogP contribution in [-0.2, 0) is 0 Å². The van der Waals surface area contributed by atoms with E-state index in [-0.39, 0.29) is 17.4 Å². The summed E-state index contributed by atoms with van der Waals surface area (Å²) in [5.41, 5.74) is 8.59. The number of pyridine rings is 1. The number of nitrogens with two attached hydrogens (primary N) is 1. The van der Waals surface area contributed by atoms with Crippen molar-refractivity contribution >= 4 is 11.8 Å². The van der Waals surface area contributed by atoms with Crippen molar-refractivity contribution < 1.29 is 9.32 Å². The summed E-state index contributed by atoms with van der Waals surface area (Å²) in [6, 6.07) is 3.59. The summed E-state index contributed by atoms with van der Waals surface area (Å²) in [5.74, 6) is -0.239. The first kappa shape index (κ1) is 15.3. The topological polar surface area (TPSA) is 94.0 Å². The molecule has 0 unspecified atom stereocenters. The molecule has 0 saturated heterocycles. The van der Waals surface area contributed by atoms with E-state index in [1.807, 2.05) is 6.07 Å². The molecule has 3 N–H and O–H groups in total. The number of anilines is 1. The van der Waals surface area contributed by atoms with Crippen molar-refractivity contribution in [2.45, 2.75) is 32.1 Å². The third-order valence-electron chi connectivity index (χ3n) is 4.00. The summed E-state index contributed by atoms with van der Waals surface area (Å²) in [5, 5.41) is 6.80. The molecular weight excluding hydrogens is 292 g/mol. The van der Waals surface area contributed by atoms with Gasteiger partial charge in [-0.25, -0.2) is 0 Å². The van der Waals surface area contributed by atoms with Crippen molar-refractivity contribution in [3.63, 3.8) is 0 Å². The lowest BCUT2D eigenvalue weighted by Crippen LogP contribution is -2.25. The normalized spacial score (nSPS) is 14.3. The Hall–Kier alpha value is -2.63. The van der Waals surface area contributed by atoms with E-state index in [4.69, 9.17) is 10.3 Å². The molecule has 0 bridgehead atoms. The summed E-state index contributed by atoms with van der Waals surface area (Å²) in [6.45, 7) is 0.585. The molecule has 1 aliphatic carbocycles. The Labute approximate surface area is 134 Å². The highest BCUT2D eigenvalue weighted by Crippen LogP contribution is 2.26. The lowest BCUT2D eigenvalue weighted by Gasteiger charge is -2.12. The predicted octanol–water partition coefficient (Wildman–Crippen LogP) is 2.94. The Bertz CT molecular complexity index is 707. The lowest BCUT2D eigenvalue weighted by molar-refractivity contribution is 0.0955. The van der Waals surface area contributed by atoms with Crippen molar-refractivity contribution in [2.24, 2.45) is 0 Å². The Kier molecular flexibility index (Phi) is 4.71. The average molecular weight is 312 g/mol. The monoisotopic (exact) mass is 312 g/mol. The molecule has 0 radical (unpaired) electrons. The molecule has 0 atom stereocenters. The maximum atomic E-state index is 12.4. The third kappa shape index (κ3) is 3.59. The van der Waals surface area contributed by atoms with Crippen molar-refractivity contribution in [1.29, 1.82) is 0 Å². The van der Waals surface area contributed by atoms with Gasteiger partial charge in [0.2, 0.25) is 5.88 Å². The van der Waals surface area contributed by atoms with Crippen LogP contribution in [0.3, 0.4) is 0 Å². The molecule has 0 fully saturated rings. The van der Waals surface area contributed by atoms with E-state index < -0.39 is 0 Å². The second-order valence-corrected chi connectivity index (χ2v) is 5.63. The number of hydrogen-bond acceptors (Lipinski definition) is 5. The predicted molar refractivity (Wildman–Crippen MR) is 87.6 cm³/mol. The van der Waals surface area contributed by atoms with Gasteiger partial charge in [-0.15, -0.1) is 0 Å². The SMILES string of the molecule is Nc1onc(-c2cccnc2)c1C(=O)NCCC1=CCCCC1. The Morgan fingerprint density at radius 3 is 3.04 bits per heavy atom. The largest absolute Gasteiger partial charge is 0.367 e. The molecule has 2 aromatic rings. The van der Waals surface area contributed by atoms with Crippen molar-refractivity contribution in [3.8, 4) is 11.3 Å². The van der Waals surface area contributed by atoms with Gasteiger partial charge in [-0.3, -0.25) is 9.78 Å². The van der Waals surface area contributed by atoms with Crippen molar-refractivity contribution in [1.82, 2.24) is 15.5 Å². The Balaban J connectivity index is 1.68. The molecule has 2 heterocycles. The summed E-state index contributed by atoms with van der Waals surface area (Å²) < 4.78 is 5.00. The lowest BCUT2D eigenvalue weighted by atomic mass is 9.97. The summed E-state index contributed by atoms with van der Waals surface area (Å²) in [4.78, 5) is 16.5. The zero-order chi connectivity index (χ0) is 16.1. The minimum absolute atomic E-state index is 0.0261. The maximum absolute atomic E-state index is 12.4. The van der Waals surface area contributed by atoms with E-state index in [1.54, 1.807) is 18.5 Å². The van der Waals surface area contributed by atoms with E-state index in [1.165, 1.54) is 18.4 Å². The quantitative estimate of drug-likeness (QED) is 0.828. The maximum Gasteiger partial charge on any atom is 0.259 e. The fraction of sp³-hybridized carbons (Fsp3) is 0.353. The zero-order valence-corrected chi connectivity index (χ0v) is 12.9. The van der Waals surface area contributed by atoms with Gasteiger partial charge in [0, 0.05) is 24.5 Å². The van der Waals surface area contributed by atoms with Crippen LogP contribution < -0.4 is 11.1 Å². The van der Waals surface area contributed by atoms with Gasteiger partial charge < -0.3 is 15.6 Å². The number of allylic oxidation sites excluding steroid dienone is 1. The smallest absolute Gasteiger partial charge is 0.259 e. The van der Waals surface area contributed by atoms with Crippen LogP contribution in [0.25, 0.3) is 11.3 Å². The number of nitrogens with one attached hydrogen (secondary N) is 1. The van der Waals surface area contributed by atoms with Crippen molar-refractivity contribution in [3.05, 3.63) is 41.7 Å². The van der Waals surface area contributed by atoms with E-state index in [9.17, 15) is 4.79 Å². The molecule has 0 aromatic carbocycles. The minimum Gasteiger partial charge on any atom is -0.367 e. The first-order chi connectivity index (χ1) is 11.3. The minimum atomic E-state index is -0.265.